The van der Waals surface area contributed by atoms with Gasteiger partial charge in [-0.2, -0.15) is 5.10 Å². The fourth-order valence-corrected chi connectivity index (χ4v) is 3.08. The molecule has 3 rings (SSSR count). The second-order valence-electron chi connectivity index (χ2n) is 6.43. The van der Waals surface area contributed by atoms with Crippen LogP contribution in [-0.2, 0) is 0 Å². The van der Waals surface area contributed by atoms with E-state index in [0.29, 0.717) is 12.5 Å². The van der Waals surface area contributed by atoms with Crippen LogP contribution in [0, 0.1) is 0 Å². The Morgan fingerprint density at radius 3 is 2.36 bits per heavy atom. The second-order valence-corrected chi connectivity index (χ2v) is 6.43. The Hall–Kier alpha value is -2.59. The van der Waals surface area contributed by atoms with Crippen LogP contribution in [0.1, 0.15) is 42.6 Å². The van der Waals surface area contributed by atoms with Crippen molar-refractivity contribution in [1.29, 1.82) is 0 Å². The van der Waals surface area contributed by atoms with E-state index >= 15 is 0 Å². The smallest absolute Gasteiger partial charge is 0.122 e. The van der Waals surface area contributed by atoms with E-state index in [-0.39, 0.29) is 5.92 Å². The average Bonchev–Trinajstić information content (AvgIpc) is 3.09. The Labute approximate surface area is 149 Å². The highest BCUT2D eigenvalue weighted by atomic mass is 16.5. The first-order valence-electron chi connectivity index (χ1n) is 8.64. The number of ether oxygens (including phenoxy) is 1. The largest absolute Gasteiger partial charge is 0.496 e. The number of hydrogen-bond donors (Lipinski definition) is 1. The third kappa shape index (κ3) is 3.44. The highest BCUT2D eigenvalue weighted by Gasteiger charge is 2.23. The van der Waals surface area contributed by atoms with Crippen LogP contribution in [0.3, 0.4) is 0 Å². The van der Waals surface area contributed by atoms with Gasteiger partial charge in [-0.05, 0) is 30.2 Å². The van der Waals surface area contributed by atoms with Crippen molar-refractivity contribution in [2.75, 3.05) is 13.7 Å². The Morgan fingerprint density at radius 2 is 1.72 bits per heavy atom. The lowest BCUT2D eigenvalue weighted by Crippen LogP contribution is -2.18. The molecule has 1 heterocycles. The van der Waals surface area contributed by atoms with Crippen molar-refractivity contribution in [2.24, 2.45) is 5.73 Å². The highest BCUT2D eigenvalue weighted by Crippen LogP contribution is 2.33. The molecule has 0 fully saturated rings. The van der Waals surface area contributed by atoms with Gasteiger partial charge in [0.2, 0.25) is 0 Å². The molecule has 0 aliphatic carbocycles. The molecule has 0 aliphatic heterocycles. The van der Waals surface area contributed by atoms with Gasteiger partial charge in [0.25, 0.3) is 0 Å². The lowest BCUT2D eigenvalue weighted by molar-refractivity contribution is 0.407. The normalized spacial score (nSPS) is 12.4. The predicted molar refractivity (Wildman–Crippen MR) is 102 cm³/mol. The maximum atomic E-state index is 6.20. The van der Waals surface area contributed by atoms with Gasteiger partial charge in [-0.25, -0.2) is 4.68 Å². The maximum Gasteiger partial charge on any atom is 0.122 e. The third-order valence-corrected chi connectivity index (χ3v) is 4.46. The van der Waals surface area contributed by atoms with Gasteiger partial charge in [0, 0.05) is 18.0 Å². The van der Waals surface area contributed by atoms with Crippen molar-refractivity contribution in [3.8, 4) is 11.4 Å². The molecule has 0 bridgehead atoms. The summed E-state index contributed by atoms with van der Waals surface area (Å²) in [7, 11) is 1.69. The molecule has 0 saturated heterocycles. The quantitative estimate of drug-likeness (QED) is 0.738. The van der Waals surface area contributed by atoms with E-state index in [1.54, 1.807) is 7.11 Å². The van der Waals surface area contributed by atoms with Gasteiger partial charge in [-0.15, -0.1) is 0 Å². The van der Waals surface area contributed by atoms with E-state index in [1.807, 2.05) is 41.1 Å². The number of rotatable bonds is 6. The second kappa shape index (κ2) is 7.53. The minimum Gasteiger partial charge on any atom is -0.496 e. The van der Waals surface area contributed by atoms with Gasteiger partial charge in [0.15, 0.2) is 0 Å². The molecule has 1 aromatic heterocycles. The summed E-state index contributed by atoms with van der Waals surface area (Å²) < 4.78 is 7.58. The summed E-state index contributed by atoms with van der Waals surface area (Å²) >= 11 is 0. The molecule has 0 radical (unpaired) electrons. The number of hydrogen-bond acceptors (Lipinski definition) is 3. The van der Waals surface area contributed by atoms with Gasteiger partial charge in [0.05, 0.1) is 24.2 Å². The van der Waals surface area contributed by atoms with Crippen molar-refractivity contribution in [3.63, 3.8) is 0 Å². The van der Waals surface area contributed by atoms with Crippen LogP contribution < -0.4 is 10.5 Å². The lowest BCUT2D eigenvalue weighted by atomic mass is 9.93. The third-order valence-electron chi connectivity index (χ3n) is 4.46. The summed E-state index contributed by atoms with van der Waals surface area (Å²) in [5.74, 6) is 1.21. The molecule has 2 N–H and O–H groups in total. The SMILES string of the molecule is COc1ccccc1C(CN)c1cc(C(C)C)nn1-c1ccccc1. The van der Waals surface area contributed by atoms with Gasteiger partial charge in [0.1, 0.15) is 5.75 Å². The van der Waals surface area contributed by atoms with E-state index in [1.165, 1.54) is 0 Å². The number of aromatic nitrogens is 2. The zero-order valence-corrected chi connectivity index (χ0v) is 15.0. The van der Waals surface area contributed by atoms with Crippen molar-refractivity contribution >= 4 is 0 Å². The molecular weight excluding hydrogens is 310 g/mol. The van der Waals surface area contributed by atoms with Crippen LogP contribution in [0.4, 0.5) is 0 Å². The fraction of sp³-hybridized carbons (Fsp3) is 0.286. The maximum absolute atomic E-state index is 6.20. The van der Waals surface area contributed by atoms with E-state index in [0.717, 1.165) is 28.4 Å². The van der Waals surface area contributed by atoms with E-state index in [2.05, 4.69) is 38.1 Å². The summed E-state index contributed by atoms with van der Waals surface area (Å²) in [6, 6.07) is 20.4. The molecule has 130 valence electrons. The predicted octanol–water partition coefficient (Wildman–Crippen LogP) is 4.09. The first-order valence-corrected chi connectivity index (χ1v) is 8.64. The number of methoxy groups -OCH3 is 1. The zero-order chi connectivity index (χ0) is 17.8. The average molecular weight is 335 g/mol. The van der Waals surface area contributed by atoms with E-state index in [9.17, 15) is 0 Å². The molecule has 0 spiro atoms. The van der Waals surface area contributed by atoms with Gasteiger partial charge in [-0.3, -0.25) is 0 Å². The summed E-state index contributed by atoms with van der Waals surface area (Å²) in [6.45, 7) is 4.79. The van der Waals surface area contributed by atoms with E-state index < -0.39 is 0 Å². The molecule has 4 heteroatoms. The van der Waals surface area contributed by atoms with Crippen LogP contribution in [0.2, 0.25) is 0 Å². The topological polar surface area (TPSA) is 53.1 Å². The standard InChI is InChI=1S/C21H25N3O/c1-15(2)19-13-20(24(23-19)16-9-5-4-6-10-16)18(14-22)17-11-7-8-12-21(17)25-3/h4-13,15,18H,14,22H2,1-3H3. The Kier molecular flexibility index (Phi) is 5.19. The minimum atomic E-state index is 0.0105. The Balaban J connectivity index is 2.17. The zero-order valence-electron chi connectivity index (χ0n) is 15.0. The Morgan fingerprint density at radius 1 is 1.04 bits per heavy atom. The summed E-state index contributed by atoms with van der Waals surface area (Å²) in [5.41, 5.74) is 10.5. The van der Waals surface area contributed by atoms with Crippen LogP contribution in [0.15, 0.2) is 60.7 Å². The lowest BCUT2D eigenvalue weighted by Gasteiger charge is -2.19. The molecule has 25 heavy (non-hydrogen) atoms. The number of nitrogens with two attached hydrogens (primary N) is 1. The van der Waals surface area contributed by atoms with Crippen LogP contribution in [0.25, 0.3) is 5.69 Å². The minimum absolute atomic E-state index is 0.0105. The molecule has 4 nitrogen and oxygen atoms in total. The number of para-hydroxylation sites is 2. The molecule has 0 amide bonds. The number of nitrogens with zero attached hydrogens (tertiary/aromatic N) is 2. The summed E-state index contributed by atoms with van der Waals surface area (Å²) in [4.78, 5) is 0. The molecule has 3 aromatic rings. The molecule has 0 aliphatic rings. The van der Waals surface area contributed by atoms with Crippen molar-refractivity contribution in [3.05, 3.63) is 77.6 Å². The van der Waals surface area contributed by atoms with Crippen molar-refractivity contribution in [2.45, 2.75) is 25.7 Å². The van der Waals surface area contributed by atoms with Crippen molar-refractivity contribution in [1.82, 2.24) is 9.78 Å². The monoisotopic (exact) mass is 335 g/mol. The fourth-order valence-electron chi connectivity index (χ4n) is 3.08. The molecule has 1 atom stereocenters. The number of benzene rings is 2. The molecule has 2 aromatic carbocycles. The van der Waals surface area contributed by atoms with Gasteiger partial charge < -0.3 is 10.5 Å². The highest BCUT2D eigenvalue weighted by molar-refractivity contribution is 5.44. The summed E-state index contributed by atoms with van der Waals surface area (Å²) in [6.07, 6.45) is 0. The summed E-state index contributed by atoms with van der Waals surface area (Å²) in [5, 5.41) is 4.85. The first kappa shape index (κ1) is 17.2. The van der Waals surface area contributed by atoms with Crippen LogP contribution in [0.5, 0.6) is 5.75 Å². The Bertz CT molecular complexity index is 824. The van der Waals surface area contributed by atoms with Gasteiger partial charge in [-0.1, -0.05) is 50.2 Å². The molecule has 1 unspecified atom stereocenters. The van der Waals surface area contributed by atoms with Crippen molar-refractivity contribution < 1.29 is 4.74 Å². The van der Waals surface area contributed by atoms with Gasteiger partial charge >= 0.3 is 0 Å². The molecular formula is C21H25N3O. The van der Waals surface area contributed by atoms with Crippen LogP contribution >= 0.6 is 0 Å². The first-order chi connectivity index (χ1) is 12.2. The van der Waals surface area contributed by atoms with Crippen LogP contribution in [-0.4, -0.2) is 23.4 Å². The van der Waals surface area contributed by atoms with E-state index in [4.69, 9.17) is 15.6 Å². The molecule has 0 saturated carbocycles.